The number of ether oxygens (including phenoxy) is 1. The van der Waals surface area contributed by atoms with Crippen LogP contribution in [-0.2, 0) is 17.8 Å². The van der Waals surface area contributed by atoms with E-state index in [1.165, 1.54) is 68.4 Å². The number of hydrogen-bond acceptors (Lipinski definition) is 7. The fourth-order valence-electron chi connectivity index (χ4n) is 6.04. The molecule has 178 valence electrons. The van der Waals surface area contributed by atoms with Gasteiger partial charge < -0.3 is 30.9 Å². The standard InChI is InChI=1S/C25H42N6O/c1-3-7-24-22(5-1)26-9-10-27-23-6-2-4-8-25(23)29-18-20-16-21(15-19(30-20)17-28-24)31-11-13-32-14-12-31/h15-16,22-29H,1-14,17-18H2/t22-,23?,24-,25?/m1/s1. The first-order chi connectivity index (χ1) is 15.8. The Kier molecular flexibility index (Phi) is 7.92. The third kappa shape index (κ3) is 5.81. The Hall–Kier alpha value is -1.25. The van der Waals surface area contributed by atoms with Gasteiger partial charge in [0.25, 0.3) is 0 Å². The van der Waals surface area contributed by atoms with E-state index in [-0.39, 0.29) is 0 Å². The van der Waals surface area contributed by atoms with Gasteiger partial charge >= 0.3 is 0 Å². The van der Waals surface area contributed by atoms with E-state index in [1.807, 2.05) is 0 Å². The number of fused-ring (bicyclic) bond motifs is 4. The molecule has 1 aromatic rings. The first-order valence-corrected chi connectivity index (χ1v) is 13.1. The molecule has 4 aliphatic rings. The number of hydrogen-bond donors (Lipinski definition) is 4. The predicted octanol–water partition coefficient (Wildman–Crippen LogP) is 1.91. The summed E-state index contributed by atoms with van der Waals surface area (Å²) in [6.07, 6.45) is 10.4. The molecule has 7 nitrogen and oxygen atoms in total. The lowest BCUT2D eigenvalue weighted by atomic mass is 9.89. The maximum atomic E-state index is 5.59. The second-order valence-electron chi connectivity index (χ2n) is 10.1. The predicted molar refractivity (Wildman–Crippen MR) is 129 cm³/mol. The molecule has 0 amide bonds. The molecule has 1 saturated heterocycles. The monoisotopic (exact) mass is 442 g/mol. The minimum absolute atomic E-state index is 0.534. The van der Waals surface area contributed by atoms with E-state index >= 15 is 0 Å². The molecule has 4 atom stereocenters. The average molecular weight is 443 g/mol. The van der Waals surface area contributed by atoms with Gasteiger partial charge in [0.1, 0.15) is 0 Å². The highest BCUT2D eigenvalue weighted by Gasteiger charge is 2.27. The van der Waals surface area contributed by atoms with Crippen molar-refractivity contribution in [3.63, 3.8) is 0 Å². The van der Waals surface area contributed by atoms with Gasteiger partial charge in [-0.1, -0.05) is 25.7 Å². The van der Waals surface area contributed by atoms with E-state index in [9.17, 15) is 0 Å². The summed E-state index contributed by atoms with van der Waals surface area (Å²) in [6, 6.07) is 6.81. The number of rotatable bonds is 1. The molecular weight excluding hydrogens is 400 g/mol. The Morgan fingerprint density at radius 2 is 1.16 bits per heavy atom. The molecular formula is C25H42N6O. The third-order valence-electron chi connectivity index (χ3n) is 7.85. The smallest absolute Gasteiger partial charge is 0.0642 e. The van der Waals surface area contributed by atoms with Crippen molar-refractivity contribution >= 4 is 5.69 Å². The number of nitrogens with one attached hydrogen (secondary N) is 4. The molecule has 4 N–H and O–H groups in total. The highest BCUT2D eigenvalue weighted by Crippen LogP contribution is 2.23. The minimum Gasteiger partial charge on any atom is -0.378 e. The van der Waals surface area contributed by atoms with Crippen molar-refractivity contribution in [1.29, 1.82) is 0 Å². The number of morpholine rings is 1. The molecule has 0 radical (unpaired) electrons. The first-order valence-electron chi connectivity index (χ1n) is 13.1. The molecule has 2 unspecified atom stereocenters. The van der Waals surface area contributed by atoms with Crippen molar-refractivity contribution in [3.05, 3.63) is 23.5 Å². The fourth-order valence-corrected chi connectivity index (χ4v) is 6.04. The van der Waals surface area contributed by atoms with E-state index in [0.717, 1.165) is 52.5 Å². The first kappa shape index (κ1) is 22.5. The number of anilines is 1. The molecule has 2 aliphatic heterocycles. The molecule has 5 rings (SSSR count). The molecule has 0 aromatic carbocycles. The van der Waals surface area contributed by atoms with Crippen LogP contribution in [-0.4, -0.2) is 68.5 Å². The van der Waals surface area contributed by atoms with Gasteiger partial charge in [0.2, 0.25) is 0 Å². The molecule has 3 fully saturated rings. The second kappa shape index (κ2) is 11.3. The van der Waals surface area contributed by atoms with Crippen molar-refractivity contribution in [3.8, 4) is 0 Å². The Balaban J connectivity index is 1.37. The molecule has 3 heterocycles. The SMILES string of the molecule is c1c(N2CCOCC2)cc2nc1CNC1CCCCC1NCCN[C@@H]1CCCC[C@H]1NC2. The number of nitrogens with zero attached hydrogens (tertiary/aromatic N) is 2. The van der Waals surface area contributed by atoms with Crippen molar-refractivity contribution in [1.82, 2.24) is 26.3 Å². The summed E-state index contributed by atoms with van der Waals surface area (Å²) in [6.45, 7) is 7.36. The van der Waals surface area contributed by atoms with Crippen LogP contribution in [0.3, 0.4) is 0 Å². The molecule has 7 heteroatoms. The summed E-state index contributed by atoms with van der Waals surface area (Å²) >= 11 is 0. The average Bonchev–Trinajstić information content (AvgIpc) is 2.85. The Bertz CT molecular complexity index is 676. The molecule has 2 bridgehead atoms. The Morgan fingerprint density at radius 1 is 0.688 bits per heavy atom. The Labute approximate surface area is 193 Å². The van der Waals surface area contributed by atoms with Gasteiger partial charge in [-0.25, -0.2) is 0 Å². The maximum Gasteiger partial charge on any atom is 0.0642 e. The zero-order valence-corrected chi connectivity index (χ0v) is 19.6. The van der Waals surface area contributed by atoms with Crippen LogP contribution in [0, 0.1) is 0 Å². The molecule has 0 spiro atoms. The van der Waals surface area contributed by atoms with Crippen LogP contribution in [0.1, 0.15) is 62.8 Å². The lowest BCUT2D eigenvalue weighted by Gasteiger charge is -2.34. The van der Waals surface area contributed by atoms with Crippen molar-refractivity contribution in [2.75, 3.05) is 44.3 Å². The van der Waals surface area contributed by atoms with Crippen molar-refractivity contribution in [2.24, 2.45) is 0 Å². The molecule has 1 aromatic heterocycles. The van der Waals surface area contributed by atoms with Crippen LogP contribution in [0.15, 0.2) is 12.1 Å². The van der Waals surface area contributed by atoms with Crippen LogP contribution in [0.5, 0.6) is 0 Å². The molecule has 32 heavy (non-hydrogen) atoms. The fraction of sp³-hybridized carbons (Fsp3) is 0.800. The van der Waals surface area contributed by atoms with Crippen LogP contribution in [0.4, 0.5) is 5.69 Å². The Morgan fingerprint density at radius 3 is 1.66 bits per heavy atom. The minimum atomic E-state index is 0.534. The summed E-state index contributed by atoms with van der Waals surface area (Å²) in [5.74, 6) is 0. The summed E-state index contributed by atoms with van der Waals surface area (Å²) in [5, 5.41) is 15.5. The van der Waals surface area contributed by atoms with Gasteiger partial charge in [0, 0.05) is 69.1 Å². The topological polar surface area (TPSA) is 73.5 Å². The van der Waals surface area contributed by atoms with E-state index < -0.39 is 0 Å². The van der Waals surface area contributed by atoms with Crippen LogP contribution < -0.4 is 26.2 Å². The maximum absolute atomic E-state index is 5.59. The molecule has 2 saturated carbocycles. The quantitative estimate of drug-likeness (QED) is 0.530. The second-order valence-corrected chi connectivity index (χ2v) is 10.1. The van der Waals surface area contributed by atoms with Crippen molar-refractivity contribution < 1.29 is 4.74 Å². The summed E-state index contributed by atoms with van der Waals surface area (Å²) in [4.78, 5) is 7.55. The number of aromatic nitrogens is 1. The van der Waals surface area contributed by atoms with Gasteiger partial charge in [0.05, 0.1) is 24.6 Å². The van der Waals surface area contributed by atoms with Gasteiger partial charge in [-0.15, -0.1) is 0 Å². The van der Waals surface area contributed by atoms with Gasteiger partial charge in [-0.2, -0.15) is 0 Å². The van der Waals surface area contributed by atoms with Crippen LogP contribution in [0.2, 0.25) is 0 Å². The van der Waals surface area contributed by atoms with E-state index in [4.69, 9.17) is 9.72 Å². The largest absolute Gasteiger partial charge is 0.378 e. The summed E-state index contributed by atoms with van der Waals surface area (Å²) in [5.41, 5.74) is 3.64. The number of pyridine rings is 1. The van der Waals surface area contributed by atoms with E-state index in [1.54, 1.807) is 0 Å². The third-order valence-corrected chi connectivity index (χ3v) is 7.85. The normalized spacial score (nSPS) is 32.8. The van der Waals surface area contributed by atoms with Gasteiger partial charge in [-0.05, 0) is 37.8 Å². The van der Waals surface area contributed by atoms with Crippen molar-refractivity contribution in [2.45, 2.75) is 88.6 Å². The van der Waals surface area contributed by atoms with Gasteiger partial charge in [-0.3, -0.25) is 4.98 Å². The summed E-state index contributed by atoms with van der Waals surface area (Å²) < 4.78 is 5.59. The highest BCUT2D eigenvalue weighted by atomic mass is 16.5. The van der Waals surface area contributed by atoms with Crippen LogP contribution >= 0.6 is 0 Å². The lowest BCUT2D eigenvalue weighted by Crippen LogP contribution is -2.53. The summed E-state index contributed by atoms with van der Waals surface area (Å²) in [7, 11) is 0. The highest BCUT2D eigenvalue weighted by molar-refractivity contribution is 5.49. The zero-order chi connectivity index (χ0) is 21.6. The van der Waals surface area contributed by atoms with E-state index in [2.05, 4.69) is 38.3 Å². The lowest BCUT2D eigenvalue weighted by molar-refractivity contribution is 0.122. The van der Waals surface area contributed by atoms with E-state index in [0.29, 0.717) is 24.2 Å². The zero-order valence-electron chi connectivity index (χ0n) is 19.6. The van der Waals surface area contributed by atoms with Gasteiger partial charge in [0.15, 0.2) is 0 Å². The van der Waals surface area contributed by atoms with Crippen LogP contribution in [0.25, 0.3) is 0 Å². The molecule has 2 aliphatic carbocycles.